The summed E-state index contributed by atoms with van der Waals surface area (Å²) >= 11 is 0. The predicted molar refractivity (Wildman–Crippen MR) is 69.1 cm³/mol. The molecule has 0 bridgehead atoms. The molecular formula is C13H17NO3S. The van der Waals surface area contributed by atoms with E-state index in [1.54, 1.807) is 26.0 Å². The molecule has 0 aliphatic carbocycles. The summed E-state index contributed by atoms with van der Waals surface area (Å²) in [6.07, 6.45) is 0.527. The summed E-state index contributed by atoms with van der Waals surface area (Å²) in [5, 5.41) is 9.24. The molecule has 0 saturated heterocycles. The maximum absolute atomic E-state index is 12.5. The average Bonchev–Trinajstić information content (AvgIpc) is 2.41. The van der Waals surface area contributed by atoms with Crippen LogP contribution < -0.4 is 4.74 Å². The van der Waals surface area contributed by atoms with Crippen LogP contribution in [0.15, 0.2) is 29.2 Å². The Morgan fingerprint density at radius 3 is 2.39 bits per heavy atom. The molecule has 0 amide bonds. The molecular weight excluding hydrogens is 250 g/mol. The molecule has 0 atom stereocenters. The number of ether oxygens (including phenoxy) is 1. The van der Waals surface area contributed by atoms with Gasteiger partial charge in [-0.3, -0.25) is 0 Å². The number of hydrogen-bond acceptors (Lipinski definition) is 4. The van der Waals surface area contributed by atoms with Gasteiger partial charge in [-0.1, -0.05) is 19.9 Å². The van der Waals surface area contributed by atoms with Gasteiger partial charge in [-0.05, 0) is 31.0 Å². The van der Waals surface area contributed by atoms with Crippen molar-refractivity contribution < 1.29 is 13.2 Å². The van der Waals surface area contributed by atoms with Crippen LogP contribution >= 0.6 is 0 Å². The van der Waals surface area contributed by atoms with Crippen LogP contribution in [0.4, 0.5) is 0 Å². The van der Waals surface area contributed by atoms with Gasteiger partial charge in [-0.15, -0.1) is 0 Å². The molecule has 1 rings (SSSR count). The standard InChI is InChI=1S/C13H17NO3S/c1-4-13(5-2,10-14)18(15,16)12-8-6-7-11(9-12)17-3/h6-9H,4-5H2,1-3H3. The Balaban J connectivity index is 3.41. The van der Waals surface area contributed by atoms with Gasteiger partial charge in [0.15, 0.2) is 14.6 Å². The Bertz CT molecular complexity index is 554. The number of benzene rings is 1. The topological polar surface area (TPSA) is 67.2 Å². The maximum Gasteiger partial charge on any atom is 0.197 e. The van der Waals surface area contributed by atoms with Crippen molar-refractivity contribution in [3.63, 3.8) is 0 Å². The summed E-state index contributed by atoms with van der Waals surface area (Å²) in [5.41, 5.74) is 0. The average molecular weight is 267 g/mol. The Kier molecular flexibility index (Phi) is 4.36. The van der Waals surface area contributed by atoms with Crippen molar-refractivity contribution in [1.29, 1.82) is 5.26 Å². The number of sulfone groups is 1. The minimum absolute atomic E-state index is 0.132. The minimum Gasteiger partial charge on any atom is -0.497 e. The van der Waals surface area contributed by atoms with Gasteiger partial charge in [0.05, 0.1) is 18.1 Å². The van der Waals surface area contributed by atoms with Gasteiger partial charge in [0.1, 0.15) is 5.75 Å². The van der Waals surface area contributed by atoms with Crippen molar-refractivity contribution in [1.82, 2.24) is 0 Å². The molecule has 0 aromatic heterocycles. The van der Waals surface area contributed by atoms with Gasteiger partial charge < -0.3 is 4.74 Å². The monoisotopic (exact) mass is 267 g/mol. The summed E-state index contributed by atoms with van der Waals surface area (Å²) < 4.78 is 28.7. The third kappa shape index (κ3) is 2.21. The number of hydrogen-bond donors (Lipinski definition) is 0. The van der Waals surface area contributed by atoms with E-state index in [2.05, 4.69) is 0 Å². The quantitative estimate of drug-likeness (QED) is 0.822. The van der Waals surface area contributed by atoms with Crippen LogP contribution in [0.1, 0.15) is 26.7 Å². The summed E-state index contributed by atoms with van der Waals surface area (Å²) in [7, 11) is -2.21. The molecule has 0 spiro atoms. The molecule has 4 nitrogen and oxygen atoms in total. The lowest BCUT2D eigenvalue weighted by molar-refractivity contribution is 0.413. The molecule has 0 N–H and O–H groups in total. The molecule has 0 heterocycles. The van der Waals surface area contributed by atoms with Crippen molar-refractivity contribution in [3.8, 4) is 11.8 Å². The second-order valence-electron chi connectivity index (χ2n) is 4.00. The van der Waals surface area contributed by atoms with Crippen molar-refractivity contribution in [2.45, 2.75) is 36.3 Å². The summed E-state index contributed by atoms with van der Waals surface area (Å²) in [5.74, 6) is 0.468. The third-order valence-corrected chi connectivity index (χ3v) is 5.78. The van der Waals surface area contributed by atoms with E-state index in [9.17, 15) is 13.7 Å². The third-order valence-electron chi connectivity index (χ3n) is 3.21. The Labute approximate surface area is 108 Å². The molecule has 0 radical (unpaired) electrons. The van der Waals surface area contributed by atoms with E-state index < -0.39 is 14.6 Å². The minimum atomic E-state index is -3.69. The zero-order chi connectivity index (χ0) is 13.8. The molecule has 0 unspecified atom stereocenters. The summed E-state index contributed by atoms with van der Waals surface area (Å²) in [6, 6.07) is 8.19. The molecule has 0 aliphatic rings. The normalized spacial score (nSPS) is 11.9. The molecule has 0 saturated carbocycles. The van der Waals surface area contributed by atoms with Gasteiger partial charge in [0.2, 0.25) is 0 Å². The number of nitriles is 1. The molecule has 0 aliphatic heterocycles. The first-order valence-electron chi connectivity index (χ1n) is 5.77. The summed E-state index contributed by atoms with van der Waals surface area (Å²) in [4.78, 5) is 0.132. The number of methoxy groups -OCH3 is 1. The van der Waals surface area contributed by atoms with Gasteiger partial charge in [-0.25, -0.2) is 8.42 Å². The maximum atomic E-state index is 12.5. The van der Waals surface area contributed by atoms with E-state index in [-0.39, 0.29) is 17.7 Å². The fraction of sp³-hybridized carbons (Fsp3) is 0.462. The highest BCUT2D eigenvalue weighted by atomic mass is 32.2. The second kappa shape index (κ2) is 5.40. The van der Waals surface area contributed by atoms with Crippen LogP contribution in [0.25, 0.3) is 0 Å². The van der Waals surface area contributed by atoms with Crippen molar-refractivity contribution >= 4 is 9.84 Å². The first-order valence-corrected chi connectivity index (χ1v) is 7.25. The van der Waals surface area contributed by atoms with Crippen LogP contribution in [0.5, 0.6) is 5.75 Å². The Morgan fingerprint density at radius 2 is 1.94 bits per heavy atom. The predicted octanol–water partition coefficient (Wildman–Crippen LogP) is 2.55. The van der Waals surface area contributed by atoms with Gasteiger partial charge >= 0.3 is 0 Å². The van der Waals surface area contributed by atoms with Gasteiger partial charge in [0.25, 0.3) is 0 Å². The van der Waals surface area contributed by atoms with E-state index in [1.807, 2.05) is 6.07 Å². The van der Waals surface area contributed by atoms with E-state index >= 15 is 0 Å². The second-order valence-corrected chi connectivity index (χ2v) is 6.26. The highest BCUT2D eigenvalue weighted by Crippen LogP contribution is 2.32. The van der Waals surface area contributed by atoms with Crippen LogP contribution in [0.2, 0.25) is 0 Å². The van der Waals surface area contributed by atoms with Crippen molar-refractivity contribution in [2.24, 2.45) is 0 Å². The van der Waals surface area contributed by atoms with E-state index in [4.69, 9.17) is 4.74 Å². The molecule has 1 aromatic carbocycles. The van der Waals surface area contributed by atoms with Gasteiger partial charge in [-0.2, -0.15) is 5.26 Å². The summed E-state index contributed by atoms with van der Waals surface area (Å²) in [6.45, 7) is 3.43. The first-order chi connectivity index (χ1) is 8.47. The molecule has 1 aromatic rings. The highest BCUT2D eigenvalue weighted by Gasteiger charge is 2.42. The molecule has 5 heteroatoms. The van der Waals surface area contributed by atoms with Crippen molar-refractivity contribution in [3.05, 3.63) is 24.3 Å². The van der Waals surface area contributed by atoms with E-state index in [1.165, 1.54) is 19.2 Å². The zero-order valence-electron chi connectivity index (χ0n) is 10.8. The number of nitrogens with zero attached hydrogens (tertiary/aromatic N) is 1. The Hall–Kier alpha value is -1.54. The number of rotatable bonds is 5. The smallest absolute Gasteiger partial charge is 0.197 e. The lowest BCUT2D eigenvalue weighted by Crippen LogP contribution is -2.35. The van der Waals surface area contributed by atoms with Crippen LogP contribution in [0.3, 0.4) is 0 Å². The lowest BCUT2D eigenvalue weighted by Gasteiger charge is -2.23. The van der Waals surface area contributed by atoms with E-state index in [0.717, 1.165) is 0 Å². The van der Waals surface area contributed by atoms with Crippen LogP contribution in [0, 0.1) is 11.3 Å². The molecule has 0 fully saturated rings. The van der Waals surface area contributed by atoms with Crippen LogP contribution in [-0.2, 0) is 9.84 Å². The SMILES string of the molecule is CCC(C#N)(CC)S(=O)(=O)c1cccc(OC)c1. The molecule has 18 heavy (non-hydrogen) atoms. The zero-order valence-corrected chi connectivity index (χ0v) is 11.6. The fourth-order valence-corrected chi connectivity index (χ4v) is 3.70. The lowest BCUT2D eigenvalue weighted by atomic mass is 10.1. The van der Waals surface area contributed by atoms with Crippen molar-refractivity contribution in [2.75, 3.05) is 7.11 Å². The Morgan fingerprint density at radius 1 is 1.33 bits per heavy atom. The highest BCUT2D eigenvalue weighted by molar-refractivity contribution is 7.93. The molecule has 98 valence electrons. The first kappa shape index (κ1) is 14.5. The fourth-order valence-electron chi connectivity index (χ4n) is 1.84. The largest absolute Gasteiger partial charge is 0.497 e. The van der Waals surface area contributed by atoms with Gasteiger partial charge in [0, 0.05) is 0 Å². The van der Waals surface area contributed by atoms with Crippen LogP contribution in [-0.4, -0.2) is 20.3 Å². The van der Waals surface area contributed by atoms with E-state index in [0.29, 0.717) is 5.75 Å².